The highest BCUT2D eigenvalue weighted by atomic mass is 16.2. The lowest BCUT2D eigenvalue weighted by Gasteiger charge is -2.16. The first-order valence-electron chi connectivity index (χ1n) is 6.00. The molecule has 1 fully saturated rings. The van der Waals surface area contributed by atoms with Gasteiger partial charge in [-0.3, -0.25) is 14.8 Å². The van der Waals surface area contributed by atoms with Crippen LogP contribution < -0.4 is 5.73 Å². The number of nitrogens with two attached hydrogens (primary N) is 1. The van der Waals surface area contributed by atoms with Crippen LogP contribution in [0.3, 0.4) is 0 Å². The van der Waals surface area contributed by atoms with E-state index < -0.39 is 0 Å². The highest BCUT2D eigenvalue weighted by Crippen LogP contribution is 2.18. The summed E-state index contributed by atoms with van der Waals surface area (Å²) in [7, 11) is 0. The fourth-order valence-corrected chi connectivity index (χ4v) is 2.31. The number of amides is 1. The van der Waals surface area contributed by atoms with E-state index in [1.807, 2.05) is 12.1 Å². The maximum absolute atomic E-state index is 12.4. The third kappa shape index (κ3) is 1.82. The summed E-state index contributed by atoms with van der Waals surface area (Å²) in [6, 6.07) is 5.58. The lowest BCUT2D eigenvalue weighted by atomic mass is 10.1. The minimum atomic E-state index is -0.00551. The lowest BCUT2D eigenvalue weighted by Crippen LogP contribution is -2.32. The van der Waals surface area contributed by atoms with E-state index >= 15 is 0 Å². The number of benzene rings is 1. The average molecular weight is 242 g/mol. The third-order valence-corrected chi connectivity index (χ3v) is 3.24. The maximum atomic E-state index is 12.4. The van der Waals surface area contributed by atoms with Gasteiger partial charge in [0.25, 0.3) is 5.91 Å². The molecule has 1 aliphatic heterocycles. The zero-order valence-corrected chi connectivity index (χ0v) is 9.91. The standard InChI is InChI=1S/C13H14N4O/c14-9-4-7-17(8-9)13(18)10-2-1-3-11-12(10)16-6-5-15-11/h1-3,5-6,9H,4,7-8,14H2. The number of aromatic nitrogens is 2. The van der Waals surface area contributed by atoms with Crippen molar-refractivity contribution in [3.63, 3.8) is 0 Å². The molecule has 92 valence electrons. The lowest BCUT2D eigenvalue weighted by molar-refractivity contribution is 0.0792. The number of carbonyl (C=O) groups is 1. The molecule has 1 saturated heterocycles. The third-order valence-electron chi connectivity index (χ3n) is 3.24. The zero-order chi connectivity index (χ0) is 12.5. The first-order chi connectivity index (χ1) is 8.75. The predicted molar refractivity (Wildman–Crippen MR) is 68.0 cm³/mol. The van der Waals surface area contributed by atoms with Crippen LogP contribution in [0.15, 0.2) is 30.6 Å². The van der Waals surface area contributed by atoms with Gasteiger partial charge in [0.2, 0.25) is 0 Å². The van der Waals surface area contributed by atoms with Crippen molar-refractivity contribution in [2.24, 2.45) is 5.73 Å². The van der Waals surface area contributed by atoms with Gasteiger partial charge in [0.05, 0.1) is 11.1 Å². The van der Waals surface area contributed by atoms with Crippen molar-refractivity contribution < 1.29 is 4.79 Å². The van der Waals surface area contributed by atoms with Crippen molar-refractivity contribution >= 4 is 16.9 Å². The van der Waals surface area contributed by atoms with E-state index in [0.717, 1.165) is 18.5 Å². The molecule has 0 bridgehead atoms. The van der Waals surface area contributed by atoms with Crippen LogP contribution in [-0.2, 0) is 0 Å². The van der Waals surface area contributed by atoms with Crippen LogP contribution in [0.1, 0.15) is 16.8 Å². The Balaban J connectivity index is 2.01. The molecule has 2 N–H and O–H groups in total. The average Bonchev–Trinajstić information content (AvgIpc) is 2.84. The summed E-state index contributed by atoms with van der Waals surface area (Å²) >= 11 is 0. The Kier molecular flexibility index (Phi) is 2.68. The zero-order valence-electron chi connectivity index (χ0n) is 9.91. The van der Waals surface area contributed by atoms with Crippen molar-refractivity contribution in [3.8, 4) is 0 Å². The minimum Gasteiger partial charge on any atom is -0.337 e. The molecule has 1 unspecified atom stereocenters. The van der Waals surface area contributed by atoms with E-state index in [4.69, 9.17) is 5.73 Å². The monoisotopic (exact) mass is 242 g/mol. The quantitative estimate of drug-likeness (QED) is 0.803. The number of carbonyl (C=O) groups excluding carboxylic acids is 1. The number of para-hydroxylation sites is 1. The Hall–Kier alpha value is -2.01. The van der Waals surface area contributed by atoms with Crippen LogP contribution in [-0.4, -0.2) is 39.9 Å². The summed E-state index contributed by atoms with van der Waals surface area (Å²) in [4.78, 5) is 22.7. The smallest absolute Gasteiger partial charge is 0.256 e. The molecule has 1 aliphatic rings. The molecule has 0 saturated carbocycles. The Morgan fingerprint density at radius 1 is 1.33 bits per heavy atom. The fraction of sp³-hybridized carbons (Fsp3) is 0.308. The molecule has 18 heavy (non-hydrogen) atoms. The first-order valence-corrected chi connectivity index (χ1v) is 6.00. The molecule has 1 aromatic heterocycles. The van der Waals surface area contributed by atoms with Crippen LogP contribution in [0.25, 0.3) is 11.0 Å². The number of hydrogen-bond acceptors (Lipinski definition) is 4. The molecule has 0 spiro atoms. The highest BCUT2D eigenvalue weighted by molar-refractivity contribution is 6.04. The molecule has 1 amide bonds. The number of likely N-dealkylation sites (tertiary alicyclic amines) is 1. The van der Waals surface area contributed by atoms with E-state index in [2.05, 4.69) is 9.97 Å². The molecule has 2 heterocycles. The van der Waals surface area contributed by atoms with Crippen LogP contribution in [0.5, 0.6) is 0 Å². The van der Waals surface area contributed by atoms with Gasteiger partial charge < -0.3 is 10.6 Å². The number of nitrogens with zero attached hydrogens (tertiary/aromatic N) is 3. The van der Waals surface area contributed by atoms with Gasteiger partial charge in [-0.2, -0.15) is 0 Å². The predicted octanol–water partition coefficient (Wildman–Crippen LogP) is 0.803. The van der Waals surface area contributed by atoms with Crippen molar-refractivity contribution in [1.29, 1.82) is 0 Å². The fourth-order valence-electron chi connectivity index (χ4n) is 2.31. The Labute approximate surface area is 105 Å². The molecule has 0 radical (unpaired) electrons. The maximum Gasteiger partial charge on any atom is 0.256 e. The molecule has 1 aromatic carbocycles. The second kappa shape index (κ2) is 4.34. The van der Waals surface area contributed by atoms with E-state index in [-0.39, 0.29) is 11.9 Å². The Bertz CT molecular complexity index is 593. The molecule has 5 heteroatoms. The first kappa shape index (κ1) is 11.1. The number of rotatable bonds is 1. The summed E-state index contributed by atoms with van der Waals surface area (Å²) in [5, 5.41) is 0. The summed E-state index contributed by atoms with van der Waals surface area (Å²) in [6.45, 7) is 1.34. The van der Waals surface area contributed by atoms with Crippen LogP contribution in [0, 0.1) is 0 Å². The normalized spacial score (nSPS) is 19.4. The Morgan fingerprint density at radius 3 is 2.94 bits per heavy atom. The summed E-state index contributed by atoms with van der Waals surface area (Å²) in [5.41, 5.74) is 7.84. The summed E-state index contributed by atoms with van der Waals surface area (Å²) < 4.78 is 0. The van der Waals surface area contributed by atoms with E-state index in [1.54, 1.807) is 23.4 Å². The topological polar surface area (TPSA) is 72.1 Å². The minimum absolute atomic E-state index is 0.00551. The van der Waals surface area contributed by atoms with Crippen molar-refractivity contribution in [1.82, 2.24) is 14.9 Å². The largest absolute Gasteiger partial charge is 0.337 e. The van der Waals surface area contributed by atoms with Gasteiger partial charge in [-0.1, -0.05) is 6.07 Å². The van der Waals surface area contributed by atoms with Gasteiger partial charge >= 0.3 is 0 Å². The summed E-state index contributed by atoms with van der Waals surface area (Å²) in [6.07, 6.45) is 4.10. The van der Waals surface area contributed by atoms with Crippen LogP contribution in [0.2, 0.25) is 0 Å². The molecular weight excluding hydrogens is 228 g/mol. The molecular formula is C13H14N4O. The van der Waals surface area contributed by atoms with Crippen molar-refractivity contribution in [2.45, 2.75) is 12.5 Å². The van der Waals surface area contributed by atoms with Gasteiger partial charge in [0, 0.05) is 31.5 Å². The number of fused-ring (bicyclic) bond motifs is 1. The van der Waals surface area contributed by atoms with Gasteiger partial charge in [-0.05, 0) is 18.6 Å². The van der Waals surface area contributed by atoms with E-state index in [0.29, 0.717) is 17.6 Å². The second-order valence-electron chi connectivity index (χ2n) is 4.53. The van der Waals surface area contributed by atoms with Gasteiger partial charge in [-0.15, -0.1) is 0 Å². The van der Waals surface area contributed by atoms with Gasteiger partial charge in [0.1, 0.15) is 5.52 Å². The van der Waals surface area contributed by atoms with Gasteiger partial charge in [-0.25, -0.2) is 0 Å². The van der Waals surface area contributed by atoms with Crippen molar-refractivity contribution in [3.05, 3.63) is 36.2 Å². The molecule has 2 aromatic rings. The van der Waals surface area contributed by atoms with Crippen LogP contribution in [0.4, 0.5) is 0 Å². The van der Waals surface area contributed by atoms with Crippen molar-refractivity contribution in [2.75, 3.05) is 13.1 Å². The Morgan fingerprint density at radius 2 is 2.17 bits per heavy atom. The summed E-state index contributed by atoms with van der Waals surface area (Å²) in [5.74, 6) is -0.00551. The van der Waals surface area contributed by atoms with Gasteiger partial charge in [0.15, 0.2) is 0 Å². The number of hydrogen-bond donors (Lipinski definition) is 1. The van der Waals surface area contributed by atoms with E-state index in [9.17, 15) is 4.79 Å². The molecule has 1 atom stereocenters. The highest BCUT2D eigenvalue weighted by Gasteiger charge is 2.25. The molecule has 3 rings (SSSR count). The van der Waals surface area contributed by atoms with E-state index in [1.165, 1.54) is 0 Å². The SMILES string of the molecule is NC1CCN(C(=O)c2cccc3nccnc23)C1. The van der Waals surface area contributed by atoms with Crippen LogP contribution >= 0.6 is 0 Å². The molecule has 5 nitrogen and oxygen atoms in total. The molecule has 0 aliphatic carbocycles. The second-order valence-corrected chi connectivity index (χ2v) is 4.53.